The van der Waals surface area contributed by atoms with Crippen molar-refractivity contribution in [3.05, 3.63) is 16.4 Å². The van der Waals surface area contributed by atoms with E-state index in [1.165, 1.54) is 4.68 Å². The smallest absolute Gasteiger partial charge is 0.326 e. The fraction of sp³-hybridized carbons (Fsp3) is 0.545. The van der Waals surface area contributed by atoms with Gasteiger partial charge in [-0.3, -0.25) is 9.48 Å². The minimum absolute atomic E-state index is 0.200. The molecule has 0 aliphatic heterocycles. The molecular formula is C11H16ClN3O3. The third kappa shape index (κ3) is 3.01. The summed E-state index contributed by atoms with van der Waals surface area (Å²) in [6.07, 6.45) is 1.04. The van der Waals surface area contributed by atoms with Gasteiger partial charge >= 0.3 is 5.97 Å². The van der Waals surface area contributed by atoms with Crippen LogP contribution < -0.4 is 5.32 Å². The average Bonchev–Trinajstić information content (AvgIpc) is 2.52. The molecule has 18 heavy (non-hydrogen) atoms. The van der Waals surface area contributed by atoms with Crippen LogP contribution in [0.4, 0.5) is 0 Å². The van der Waals surface area contributed by atoms with E-state index in [4.69, 9.17) is 16.7 Å². The van der Waals surface area contributed by atoms with Crippen LogP contribution in [0.2, 0.25) is 5.15 Å². The zero-order valence-corrected chi connectivity index (χ0v) is 11.3. The van der Waals surface area contributed by atoms with Crippen molar-refractivity contribution in [2.45, 2.75) is 32.7 Å². The molecule has 0 spiro atoms. The first-order chi connectivity index (χ1) is 8.38. The lowest BCUT2D eigenvalue weighted by molar-refractivity contribution is -0.139. The molecule has 1 unspecified atom stereocenters. The van der Waals surface area contributed by atoms with Crippen LogP contribution in [0, 0.1) is 6.92 Å². The summed E-state index contributed by atoms with van der Waals surface area (Å²) in [5.74, 6) is -1.56. The molecule has 1 heterocycles. The Labute approximate surface area is 110 Å². The fourth-order valence-electron chi connectivity index (χ4n) is 1.66. The molecule has 1 amide bonds. The molecule has 0 radical (unpaired) electrons. The van der Waals surface area contributed by atoms with Crippen LogP contribution in [-0.2, 0) is 11.8 Å². The Morgan fingerprint density at radius 3 is 2.56 bits per heavy atom. The molecule has 0 fully saturated rings. The van der Waals surface area contributed by atoms with Gasteiger partial charge < -0.3 is 10.4 Å². The van der Waals surface area contributed by atoms with E-state index < -0.39 is 17.9 Å². The van der Waals surface area contributed by atoms with Crippen molar-refractivity contribution >= 4 is 23.5 Å². The predicted molar refractivity (Wildman–Crippen MR) is 66.8 cm³/mol. The van der Waals surface area contributed by atoms with Crippen LogP contribution in [-0.4, -0.2) is 32.8 Å². The number of aryl methyl sites for hydroxylation is 2. The first kappa shape index (κ1) is 14.5. The number of halogens is 1. The number of aromatic nitrogens is 2. The molecule has 1 rings (SSSR count). The molecule has 1 atom stereocenters. The number of hydrogen-bond acceptors (Lipinski definition) is 3. The number of amides is 1. The quantitative estimate of drug-likeness (QED) is 0.848. The summed E-state index contributed by atoms with van der Waals surface area (Å²) in [7, 11) is 1.62. The van der Waals surface area contributed by atoms with Crippen LogP contribution in [0.1, 0.15) is 35.8 Å². The molecule has 0 aliphatic carbocycles. The van der Waals surface area contributed by atoms with E-state index in [1.54, 1.807) is 14.0 Å². The number of aliphatic carboxylic acids is 1. The van der Waals surface area contributed by atoms with E-state index in [1.807, 2.05) is 6.92 Å². The van der Waals surface area contributed by atoms with Gasteiger partial charge in [-0.25, -0.2) is 4.79 Å². The predicted octanol–water partition coefficient (Wildman–Crippen LogP) is 1.37. The van der Waals surface area contributed by atoms with Gasteiger partial charge in [0.1, 0.15) is 11.2 Å². The van der Waals surface area contributed by atoms with Gasteiger partial charge in [0.2, 0.25) is 0 Å². The highest BCUT2D eigenvalue weighted by Gasteiger charge is 2.24. The topological polar surface area (TPSA) is 84.2 Å². The van der Waals surface area contributed by atoms with E-state index in [-0.39, 0.29) is 10.7 Å². The van der Waals surface area contributed by atoms with Crippen LogP contribution >= 0.6 is 11.6 Å². The van der Waals surface area contributed by atoms with Gasteiger partial charge in [-0.1, -0.05) is 24.9 Å². The summed E-state index contributed by atoms with van der Waals surface area (Å²) in [6, 6.07) is -0.904. The molecule has 1 aromatic rings. The van der Waals surface area contributed by atoms with Crippen LogP contribution in [0.5, 0.6) is 0 Å². The lowest BCUT2D eigenvalue weighted by Crippen LogP contribution is -2.40. The minimum atomic E-state index is -1.05. The number of nitrogens with one attached hydrogen (secondary N) is 1. The van der Waals surface area contributed by atoms with Crippen LogP contribution in [0.15, 0.2) is 0 Å². The van der Waals surface area contributed by atoms with E-state index in [0.29, 0.717) is 18.5 Å². The third-order valence-electron chi connectivity index (χ3n) is 2.56. The number of carboxylic acids is 1. The Hall–Kier alpha value is -1.56. The summed E-state index contributed by atoms with van der Waals surface area (Å²) < 4.78 is 1.38. The molecule has 0 saturated carbocycles. The van der Waals surface area contributed by atoms with Crippen molar-refractivity contribution in [3.63, 3.8) is 0 Å². The molecule has 6 nitrogen and oxygen atoms in total. The van der Waals surface area contributed by atoms with Gasteiger partial charge in [0.05, 0.1) is 11.3 Å². The lowest BCUT2D eigenvalue weighted by Gasteiger charge is -2.13. The molecule has 100 valence electrons. The van der Waals surface area contributed by atoms with Crippen molar-refractivity contribution in [1.82, 2.24) is 15.1 Å². The van der Waals surface area contributed by atoms with Gasteiger partial charge in [-0.15, -0.1) is 0 Å². The molecule has 0 aromatic carbocycles. The maximum absolute atomic E-state index is 12.0. The van der Waals surface area contributed by atoms with E-state index in [9.17, 15) is 9.59 Å². The van der Waals surface area contributed by atoms with Crippen molar-refractivity contribution in [2.75, 3.05) is 0 Å². The van der Waals surface area contributed by atoms with E-state index >= 15 is 0 Å². The highest BCUT2D eigenvalue weighted by molar-refractivity contribution is 6.33. The van der Waals surface area contributed by atoms with Gasteiger partial charge in [0, 0.05) is 7.05 Å². The summed E-state index contributed by atoms with van der Waals surface area (Å²) in [6.45, 7) is 3.50. The number of carboxylic acid groups (broad SMARTS) is 1. The number of nitrogens with zero attached hydrogens (tertiary/aromatic N) is 2. The molecule has 0 aliphatic rings. The number of hydrogen-bond donors (Lipinski definition) is 2. The zero-order chi connectivity index (χ0) is 13.9. The molecule has 2 N–H and O–H groups in total. The highest BCUT2D eigenvalue weighted by Crippen LogP contribution is 2.18. The van der Waals surface area contributed by atoms with E-state index in [0.717, 1.165) is 0 Å². The van der Waals surface area contributed by atoms with E-state index in [2.05, 4.69) is 10.4 Å². The van der Waals surface area contributed by atoms with Crippen molar-refractivity contribution in [3.8, 4) is 0 Å². The average molecular weight is 274 g/mol. The maximum Gasteiger partial charge on any atom is 0.326 e. The second-order valence-electron chi connectivity index (χ2n) is 4.03. The first-order valence-electron chi connectivity index (χ1n) is 5.61. The molecule has 7 heteroatoms. The van der Waals surface area contributed by atoms with Crippen molar-refractivity contribution in [2.24, 2.45) is 7.05 Å². The molecule has 0 bridgehead atoms. The van der Waals surface area contributed by atoms with Gasteiger partial charge in [-0.05, 0) is 13.3 Å². The normalized spacial score (nSPS) is 12.2. The molecule has 0 saturated heterocycles. The Balaban J connectivity index is 2.90. The van der Waals surface area contributed by atoms with Crippen molar-refractivity contribution < 1.29 is 14.7 Å². The lowest BCUT2D eigenvalue weighted by atomic mass is 10.1. The Morgan fingerprint density at radius 2 is 2.17 bits per heavy atom. The SMILES string of the molecule is CCCC(NC(=O)c1c(C)nn(C)c1Cl)C(=O)O. The minimum Gasteiger partial charge on any atom is -0.480 e. The standard InChI is InChI=1S/C11H16ClN3O3/c1-4-5-7(11(17)18)13-10(16)8-6(2)14-15(3)9(8)12/h7H,4-5H2,1-3H3,(H,13,16)(H,17,18). The molecule has 1 aromatic heterocycles. The summed E-state index contributed by atoms with van der Waals surface area (Å²) in [5.41, 5.74) is 0.696. The van der Waals surface area contributed by atoms with Gasteiger partial charge in [0.25, 0.3) is 5.91 Å². The molecular weight excluding hydrogens is 258 g/mol. The van der Waals surface area contributed by atoms with Crippen molar-refractivity contribution in [1.29, 1.82) is 0 Å². The van der Waals surface area contributed by atoms with Gasteiger partial charge in [0.15, 0.2) is 0 Å². The number of carbonyl (C=O) groups is 2. The fourth-order valence-corrected chi connectivity index (χ4v) is 1.92. The Kier molecular flexibility index (Phi) is 4.72. The summed E-state index contributed by atoms with van der Waals surface area (Å²) >= 11 is 5.94. The zero-order valence-electron chi connectivity index (χ0n) is 10.5. The first-order valence-corrected chi connectivity index (χ1v) is 5.99. The highest BCUT2D eigenvalue weighted by atomic mass is 35.5. The Bertz CT molecular complexity index is 470. The van der Waals surface area contributed by atoms with Crippen LogP contribution in [0.25, 0.3) is 0 Å². The second-order valence-corrected chi connectivity index (χ2v) is 4.39. The summed E-state index contributed by atoms with van der Waals surface area (Å²) in [4.78, 5) is 22.9. The maximum atomic E-state index is 12.0. The largest absolute Gasteiger partial charge is 0.480 e. The number of rotatable bonds is 5. The third-order valence-corrected chi connectivity index (χ3v) is 2.99. The Morgan fingerprint density at radius 1 is 1.56 bits per heavy atom. The summed E-state index contributed by atoms with van der Waals surface area (Å²) in [5, 5.41) is 15.6. The van der Waals surface area contributed by atoms with Crippen LogP contribution in [0.3, 0.4) is 0 Å². The van der Waals surface area contributed by atoms with Gasteiger partial charge in [-0.2, -0.15) is 5.10 Å². The second kappa shape index (κ2) is 5.86. The number of carbonyl (C=O) groups excluding carboxylic acids is 1. The monoisotopic (exact) mass is 273 g/mol.